The minimum Gasteiger partial charge on any atom is -0.379 e. The summed E-state index contributed by atoms with van der Waals surface area (Å²) in [5.74, 6) is -0.748. The van der Waals surface area contributed by atoms with Crippen LogP contribution in [-0.2, 0) is 19.6 Å². The molecule has 0 radical (unpaired) electrons. The predicted molar refractivity (Wildman–Crippen MR) is 133 cm³/mol. The first-order chi connectivity index (χ1) is 16.2. The first kappa shape index (κ1) is 25.2. The fourth-order valence-electron chi connectivity index (χ4n) is 3.07. The van der Waals surface area contributed by atoms with E-state index in [2.05, 4.69) is 10.4 Å². The van der Waals surface area contributed by atoms with Gasteiger partial charge in [-0.3, -0.25) is 4.79 Å². The number of benzene rings is 2. The molecule has 1 amide bonds. The summed E-state index contributed by atoms with van der Waals surface area (Å²) in [4.78, 5) is 12.6. The summed E-state index contributed by atoms with van der Waals surface area (Å²) < 4.78 is 48.0. The maximum absolute atomic E-state index is 13.2. The van der Waals surface area contributed by atoms with Gasteiger partial charge < -0.3 is 10.1 Å². The summed E-state index contributed by atoms with van der Waals surface area (Å²) >= 11 is 13.9. The monoisotopic (exact) mass is 560 g/mol. The van der Waals surface area contributed by atoms with Gasteiger partial charge in [0.25, 0.3) is 0 Å². The summed E-state index contributed by atoms with van der Waals surface area (Å²) in [6.07, 6.45) is 0. The van der Waals surface area contributed by atoms with E-state index in [1.165, 1.54) is 62.4 Å². The van der Waals surface area contributed by atoms with Crippen molar-refractivity contribution in [3.8, 4) is 5.69 Å². The molecule has 1 fully saturated rings. The molecule has 1 aliphatic heterocycles. The maximum atomic E-state index is 13.2. The van der Waals surface area contributed by atoms with E-state index >= 15 is 0 Å². The van der Waals surface area contributed by atoms with Crippen LogP contribution in [-0.4, -0.2) is 60.5 Å². The Labute approximate surface area is 213 Å². The third-order valence-electron chi connectivity index (χ3n) is 4.75. The largest absolute Gasteiger partial charge is 0.379 e. The number of morpholine rings is 1. The van der Waals surface area contributed by atoms with E-state index in [-0.39, 0.29) is 46.2 Å². The maximum Gasteiger partial charge on any atom is 0.243 e. The van der Waals surface area contributed by atoms with Gasteiger partial charge in [0.2, 0.25) is 15.9 Å². The first-order valence-corrected chi connectivity index (χ1v) is 13.9. The highest BCUT2D eigenvalue weighted by molar-refractivity contribution is 8.01. The molecular formula is C20H18ClFN4O4S4. The van der Waals surface area contributed by atoms with Gasteiger partial charge in [0.15, 0.2) is 8.29 Å². The highest BCUT2D eigenvalue weighted by atomic mass is 35.5. The number of carbonyl (C=O) groups excluding carboxylic acids is 1. The van der Waals surface area contributed by atoms with E-state index in [0.29, 0.717) is 27.2 Å². The Morgan fingerprint density at radius 1 is 1.24 bits per heavy atom. The average Bonchev–Trinajstić information content (AvgIpc) is 3.20. The molecule has 0 saturated carbocycles. The van der Waals surface area contributed by atoms with Crippen LogP contribution >= 0.6 is 46.9 Å². The van der Waals surface area contributed by atoms with Crippen LogP contribution in [0.4, 0.5) is 10.1 Å². The first-order valence-electron chi connectivity index (χ1n) is 9.90. The Kier molecular flexibility index (Phi) is 8.02. The smallest absolute Gasteiger partial charge is 0.243 e. The summed E-state index contributed by atoms with van der Waals surface area (Å²) in [6.45, 7) is 1.19. The standard InChI is InChI=1S/C20H18ClFN4O4S4/c21-16-6-5-15(34(28,29)25-7-9-30-10-8-25)11-17(16)23-18(27)12-32-19-24-26(20(31)33-19)14-3-1-13(22)2-4-14/h1-6,11H,7-10,12H2,(H,23,27). The Morgan fingerprint density at radius 2 is 1.94 bits per heavy atom. The molecule has 2 aromatic carbocycles. The number of nitrogens with zero attached hydrogens (tertiary/aromatic N) is 3. The van der Waals surface area contributed by atoms with Crippen LogP contribution in [0.25, 0.3) is 5.69 Å². The molecule has 0 aliphatic carbocycles. The molecule has 1 aliphatic rings. The van der Waals surface area contributed by atoms with Crippen LogP contribution in [0, 0.1) is 9.77 Å². The topological polar surface area (TPSA) is 93.5 Å². The van der Waals surface area contributed by atoms with Crippen LogP contribution in [0.5, 0.6) is 0 Å². The molecule has 0 bridgehead atoms. The number of nitrogens with one attached hydrogen (secondary N) is 1. The number of ether oxygens (including phenoxy) is 1. The lowest BCUT2D eigenvalue weighted by Crippen LogP contribution is -2.40. The van der Waals surface area contributed by atoms with Crippen LogP contribution < -0.4 is 5.32 Å². The van der Waals surface area contributed by atoms with Crippen molar-refractivity contribution in [2.45, 2.75) is 9.24 Å². The van der Waals surface area contributed by atoms with E-state index in [1.54, 1.807) is 12.1 Å². The van der Waals surface area contributed by atoms with Crippen molar-refractivity contribution < 1.29 is 22.3 Å². The SMILES string of the molecule is O=C(CSc1nn(-c2ccc(F)cc2)c(=S)s1)Nc1cc(S(=O)(=O)N2CCOCC2)ccc1Cl. The number of aromatic nitrogens is 2. The molecule has 8 nitrogen and oxygen atoms in total. The molecule has 14 heteroatoms. The van der Waals surface area contributed by atoms with Crippen LogP contribution in [0.3, 0.4) is 0 Å². The van der Waals surface area contributed by atoms with E-state index in [9.17, 15) is 17.6 Å². The summed E-state index contributed by atoms with van der Waals surface area (Å²) in [5, 5.41) is 7.25. The summed E-state index contributed by atoms with van der Waals surface area (Å²) in [6, 6.07) is 9.95. The Morgan fingerprint density at radius 3 is 2.65 bits per heavy atom. The lowest BCUT2D eigenvalue weighted by atomic mass is 10.3. The molecule has 0 atom stereocenters. The molecule has 1 saturated heterocycles. The van der Waals surface area contributed by atoms with Gasteiger partial charge in [-0.05, 0) is 54.7 Å². The van der Waals surface area contributed by atoms with Gasteiger partial charge in [-0.15, -0.1) is 5.10 Å². The van der Waals surface area contributed by atoms with Crippen molar-refractivity contribution in [2.75, 3.05) is 37.4 Å². The fourth-order valence-corrected chi connectivity index (χ4v) is 6.84. The van der Waals surface area contributed by atoms with Crippen LogP contribution in [0.15, 0.2) is 51.7 Å². The fraction of sp³-hybridized carbons (Fsp3) is 0.250. The number of rotatable bonds is 7. The molecule has 1 N–H and O–H groups in total. The van der Waals surface area contributed by atoms with E-state index < -0.39 is 10.0 Å². The predicted octanol–water partition coefficient (Wildman–Crippen LogP) is 4.21. The molecule has 1 aromatic heterocycles. The number of hydrogen-bond donors (Lipinski definition) is 1. The zero-order valence-electron chi connectivity index (χ0n) is 17.4. The van der Waals surface area contributed by atoms with Crippen LogP contribution in [0.2, 0.25) is 5.02 Å². The zero-order valence-corrected chi connectivity index (χ0v) is 21.5. The molecule has 2 heterocycles. The lowest BCUT2D eigenvalue weighted by Gasteiger charge is -2.26. The van der Waals surface area contributed by atoms with Gasteiger partial charge in [-0.1, -0.05) is 34.7 Å². The molecular weight excluding hydrogens is 543 g/mol. The number of anilines is 1. The van der Waals surface area contributed by atoms with Gasteiger partial charge in [-0.25, -0.2) is 17.5 Å². The molecule has 3 aromatic rings. The third kappa shape index (κ3) is 5.85. The molecule has 4 rings (SSSR count). The normalized spacial score (nSPS) is 14.8. The van der Waals surface area contributed by atoms with Gasteiger partial charge in [0, 0.05) is 13.1 Å². The second-order valence-electron chi connectivity index (χ2n) is 7.02. The van der Waals surface area contributed by atoms with Crippen molar-refractivity contribution >= 4 is 68.5 Å². The van der Waals surface area contributed by atoms with Gasteiger partial charge in [0.05, 0.1) is 40.3 Å². The van der Waals surface area contributed by atoms with Crippen molar-refractivity contribution in [3.05, 3.63) is 57.3 Å². The summed E-state index contributed by atoms with van der Waals surface area (Å²) in [7, 11) is -3.73. The zero-order chi connectivity index (χ0) is 24.3. The minimum atomic E-state index is -3.73. The third-order valence-corrected chi connectivity index (χ3v) is 9.34. The minimum absolute atomic E-state index is 0.00246. The van der Waals surface area contributed by atoms with Gasteiger partial charge in [-0.2, -0.15) is 4.31 Å². The van der Waals surface area contributed by atoms with Crippen molar-refractivity contribution in [1.29, 1.82) is 0 Å². The van der Waals surface area contributed by atoms with E-state index in [0.717, 1.165) is 0 Å². The number of amides is 1. The highest BCUT2D eigenvalue weighted by Crippen LogP contribution is 2.29. The van der Waals surface area contributed by atoms with Crippen molar-refractivity contribution in [3.63, 3.8) is 0 Å². The Balaban J connectivity index is 1.42. The second-order valence-corrected chi connectivity index (χ2v) is 12.2. The average molecular weight is 561 g/mol. The van der Waals surface area contributed by atoms with Crippen molar-refractivity contribution in [1.82, 2.24) is 14.1 Å². The number of hydrogen-bond acceptors (Lipinski definition) is 8. The Bertz CT molecular complexity index is 1360. The summed E-state index contributed by atoms with van der Waals surface area (Å²) in [5.41, 5.74) is 0.815. The molecule has 0 spiro atoms. The number of thioether (sulfide) groups is 1. The van der Waals surface area contributed by atoms with Gasteiger partial charge in [0.1, 0.15) is 5.82 Å². The number of sulfonamides is 1. The number of carbonyl (C=O) groups is 1. The second kappa shape index (κ2) is 10.8. The highest BCUT2D eigenvalue weighted by Gasteiger charge is 2.27. The molecule has 34 heavy (non-hydrogen) atoms. The van der Waals surface area contributed by atoms with E-state index in [4.69, 9.17) is 28.6 Å². The van der Waals surface area contributed by atoms with Crippen molar-refractivity contribution in [2.24, 2.45) is 0 Å². The molecule has 180 valence electrons. The van der Waals surface area contributed by atoms with E-state index in [1.807, 2.05) is 0 Å². The van der Waals surface area contributed by atoms with Gasteiger partial charge >= 0.3 is 0 Å². The van der Waals surface area contributed by atoms with Crippen LogP contribution in [0.1, 0.15) is 0 Å². The molecule has 0 unspecified atom stereocenters. The lowest BCUT2D eigenvalue weighted by molar-refractivity contribution is -0.113. The Hall–Kier alpha value is -1.87. The number of halogens is 2. The quantitative estimate of drug-likeness (QED) is 0.342.